The first kappa shape index (κ1) is 17.2. The first-order chi connectivity index (χ1) is 12.1. The minimum atomic E-state index is -0.424. The molecule has 0 aliphatic carbocycles. The zero-order valence-corrected chi connectivity index (χ0v) is 14.3. The van der Waals surface area contributed by atoms with Gasteiger partial charge in [-0.05, 0) is 36.9 Å². The summed E-state index contributed by atoms with van der Waals surface area (Å²) < 4.78 is 11.9. The van der Waals surface area contributed by atoms with Crippen LogP contribution in [0.25, 0.3) is 11.2 Å². The van der Waals surface area contributed by atoms with Crippen LogP contribution in [0, 0.1) is 0 Å². The fourth-order valence-electron chi connectivity index (χ4n) is 2.84. The maximum Gasteiger partial charge on any atom is 0.421 e. The lowest BCUT2D eigenvalue weighted by atomic mass is 10.1. The van der Waals surface area contributed by atoms with Crippen LogP contribution in [-0.2, 0) is 6.54 Å². The molecular weight excluding hydrogens is 322 g/mol. The van der Waals surface area contributed by atoms with Crippen LogP contribution in [0.5, 0.6) is 5.75 Å². The Balaban J connectivity index is 1.74. The molecule has 7 heteroatoms. The molecule has 0 saturated heterocycles. The lowest BCUT2D eigenvalue weighted by molar-refractivity contribution is 0.144. The average Bonchev–Trinajstić information content (AvgIpc) is 2.96. The summed E-state index contributed by atoms with van der Waals surface area (Å²) in [6.07, 6.45) is 1.63. The molecule has 1 aromatic carbocycles. The van der Waals surface area contributed by atoms with Crippen LogP contribution in [-0.4, -0.2) is 46.9 Å². The first-order valence-corrected chi connectivity index (χ1v) is 8.03. The van der Waals surface area contributed by atoms with Gasteiger partial charge in [-0.1, -0.05) is 12.1 Å². The van der Waals surface area contributed by atoms with Crippen molar-refractivity contribution in [2.45, 2.75) is 12.6 Å². The Labute approximate surface area is 145 Å². The number of hydrogen-bond donors (Lipinski definition) is 1. The highest BCUT2D eigenvalue weighted by atomic mass is 16.5. The van der Waals surface area contributed by atoms with Crippen molar-refractivity contribution in [3.63, 3.8) is 0 Å². The van der Waals surface area contributed by atoms with E-state index in [1.165, 1.54) is 4.57 Å². The second-order valence-electron chi connectivity index (χ2n) is 5.80. The molecular formula is C18H21N3O4. The maximum absolute atomic E-state index is 12.0. The van der Waals surface area contributed by atoms with Crippen molar-refractivity contribution in [1.29, 1.82) is 0 Å². The highest BCUT2D eigenvalue weighted by Crippen LogP contribution is 2.22. The Hall–Kier alpha value is -2.64. The lowest BCUT2D eigenvalue weighted by Crippen LogP contribution is -2.32. The molecule has 2 aromatic heterocycles. The fraction of sp³-hybridized carbons (Fsp3) is 0.333. The number of ether oxygens (including phenoxy) is 1. The number of nitrogens with zero attached hydrogens (tertiary/aromatic N) is 3. The van der Waals surface area contributed by atoms with Crippen LogP contribution in [0.15, 0.2) is 51.8 Å². The normalized spacial score (nSPS) is 12.6. The molecule has 2 heterocycles. The number of aromatic nitrogens is 2. The highest BCUT2D eigenvalue weighted by Gasteiger charge is 2.17. The van der Waals surface area contributed by atoms with Gasteiger partial charge in [-0.15, -0.1) is 0 Å². The number of fused-ring (bicyclic) bond motifs is 1. The SMILES string of the molecule is COc1ccc(C(CO)N(C)CCn2c(=O)oc3cccnc32)cc1. The molecule has 7 nitrogen and oxygen atoms in total. The second-order valence-corrected chi connectivity index (χ2v) is 5.80. The Bertz CT molecular complexity index is 885. The molecule has 1 N–H and O–H groups in total. The van der Waals surface area contributed by atoms with E-state index in [4.69, 9.17) is 9.15 Å². The summed E-state index contributed by atoms with van der Waals surface area (Å²) in [5.74, 6) is 0.345. The standard InChI is InChI=1S/C18H21N3O4/c1-20(15(12-22)13-5-7-14(24-2)8-6-13)10-11-21-17-16(25-18(21)23)4-3-9-19-17/h3-9,15,22H,10-12H2,1-2H3. The summed E-state index contributed by atoms with van der Waals surface area (Å²) in [6.45, 7) is 0.955. The number of benzene rings is 1. The van der Waals surface area contributed by atoms with Crippen LogP contribution < -0.4 is 10.5 Å². The monoisotopic (exact) mass is 343 g/mol. The van der Waals surface area contributed by atoms with Gasteiger partial charge in [-0.2, -0.15) is 0 Å². The van der Waals surface area contributed by atoms with Crippen LogP contribution >= 0.6 is 0 Å². The van der Waals surface area contributed by atoms with Gasteiger partial charge in [0.05, 0.1) is 19.8 Å². The Morgan fingerprint density at radius 3 is 2.76 bits per heavy atom. The van der Waals surface area contributed by atoms with Gasteiger partial charge < -0.3 is 14.3 Å². The van der Waals surface area contributed by atoms with Gasteiger partial charge in [0.25, 0.3) is 0 Å². The zero-order chi connectivity index (χ0) is 17.8. The van der Waals surface area contributed by atoms with Crippen LogP contribution in [0.1, 0.15) is 11.6 Å². The number of methoxy groups -OCH3 is 1. The molecule has 0 spiro atoms. The minimum absolute atomic E-state index is 0.0257. The predicted octanol–water partition coefficient (Wildman–Crippen LogP) is 1.66. The van der Waals surface area contributed by atoms with E-state index in [1.807, 2.05) is 36.2 Å². The fourth-order valence-corrected chi connectivity index (χ4v) is 2.84. The molecule has 0 amide bonds. The number of oxazole rings is 1. The smallest absolute Gasteiger partial charge is 0.421 e. The minimum Gasteiger partial charge on any atom is -0.497 e. The molecule has 0 fully saturated rings. The number of hydrogen-bond acceptors (Lipinski definition) is 6. The molecule has 1 unspecified atom stereocenters. The molecule has 3 aromatic rings. The third-order valence-electron chi connectivity index (χ3n) is 4.31. The number of aliphatic hydroxyl groups excluding tert-OH is 1. The van der Waals surface area contributed by atoms with E-state index in [0.29, 0.717) is 24.3 Å². The van der Waals surface area contributed by atoms with Gasteiger partial charge in [0.1, 0.15) is 5.75 Å². The summed E-state index contributed by atoms with van der Waals surface area (Å²) >= 11 is 0. The topological polar surface area (TPSA) is 80.7 Å². The van der Waals surface area contributed by atoms with E-state index in [0.717, 1.165) is 11.3 Å². The molecule has 132 valence electrons. The van der Waals surface area contributed by atoms with Crippen LogP contribution in [0.3, 0.4) is 0 Å². The molecule has 0 aliphatic rings. The molecule has 3 rings (SSSR count). The first-order valence-electron chi connectivity index (χ1n) is 8.03. The highest BCUT2D eigenvalue weighted by molar-refractivity contribution is 5.67. The molecule has 0 bridgehead atoms. The summed E-state index contributed by atoms with van der Waals surface area (Å²) in [5, 5.41) is 9.79. The van der Waals surface area contributed by atoms with E-state index in [9.17, 15) is 9.90 Å². The summed E-state index contributed by atoms with van der Waals surface area (Å²) in [4.78, 5) is 18.2. The predicted molar refractivity (Wildman–Crippen MR) is 93.7 cm³/mol. The Morgan fingerprint density at radius 1 is 1.32 bits per heavy atom. The zero-order valence-electron chi connectivity index (χ0n) is 14.3. The van der Waals surface area contributed by atoms with Crippen molar-refractivity contribution < 1.29 is 14.3 Å². The van der Waals surface area contributed by atoms with Crippen LogP contribution in [0.4, 0.5) is 0 Å². The van der Waals surface area contributed by atoms with Crippen molar-refractivity contribution >= 4 is 11.2 Å². The van der Waals surface area contributed by atoms with Crippen molar-refractivity contribution in [2.75, 3.05) is 27.3 Å². The van der Waals surface area contributed by atoms with E-state index < -0.39 is 5.76 Å². The number of rotatable bonds is 7. The maximum atomic E-state index is 12.0. The van der Waals surface area contributed by atoms with E-state index in [-0.39, 0.29) is 12.6 Å². The average molecular weight is 343 g/mol. The third kappa shape index (κ3) is 3.57. The number of aliphatic hydroxyl groups is 1. The van der Waals surface area contributed by atoms with Crippen LogP contribution in [0.2, 0.25) is 0 Å². The Kier molecular flexibility index (Phi) is 5.16. The van der Waals surface area contributed by atoms with Crippen molar-refractivity contribution in [3.8, 4) is 5.75 Å². The number of likely N-dealkylation sites (N-methyl/N-ethyl adjacent to an activating group) is 1. The molecule has 25 heavy (non-hydrogen) atoms. The van der Waals surface area contributed by atoms with E-state index in [1.54, 1.807) is 25.4 Å². The van der Waals surface area contributed by atoms with E-state index in [2.05, 4.69) is 4.98 Å². The van der Waals surface area contributed by atoms with Crippen molar-refractivity contribution in [2.24, 2.45) is 0 Å². The molecule has 0 radical (unpaired) electrons. The second kappa shape index (κ2) is 7.50. The summed E-state index contributed by atoms with van der Waals surface area (Å²) in [5.41, 5.74) is 1.99. The number of pyridine rings is 1. The van der Waals surface area contributed by atoms with Crippen molar-refractivity contribution in [3.05, 3.63) is 58.7 Å². The lowest BCUT2D eigenvalue weighted by Gasteiger charge is -2.26. The Morgan fingerprint density at radius 2 is 2.08 bits per heavy atom. The van der Waals surface area contributed by atoms with Gasteiger partial charge in [-0.25, -0.2) is 9.78 Å². The summed E-state index contributed by atoms with van der Waals surface area (Å²) in [6, 6.07) is 10.9. The van der Waals surface area contributed by atoms with Gasteiger partial charge in [0, 0.05) is 19.3 Å². The van der Waals surface area contributed by atoms with Gasteiger partial charge in [0.2, 0.25) is 0 Å². The largest absolute Gasteiger partial charge is 0.497 e. The van der Waals surface area contributed by atoms with Gasteiger partial charge in [0.15, 0.2) is 11.2 Å². The third-order valence-corrected chi connectivity index (χ3v) is 4.31. The van der Waals surface area contributed by atoms with E-state index >= 15 is 0 Å². The molecule has 1 atom stereocenters. The van der Waals surface area contributed by atoms with Gasteiger partial charge in [-0.3, -0.25) is 9.47 Å². The van der Waals surface area contributed by atoms with Crippen molar-refractivity contribution in [1.82, 2.24) is 14.5 Å². The summed E-state index contributed by atoms with van der Waals surface area (Å²) in [7, 11) is 3.53. The molecule has 0 saturated carbocycles. The quantitative estimate of drug-likeness (QED) is 0.703. The van der Waals surface area contributed by atoms with Gasteiger partial charge >= 0.3 is 5.76 Å². The molecule has 0 aliphatic heterocycles.